The van der Waals surface area contributed by atoms with E-state index in [-0.39, 0.29) is 5.82 Å². The van der Waals surface area contributed by atoms with Crippen LogP contribution in [0.25, 0.3) is 10.9 Å². The summed E-state index contributed by atoms with van der Waals surface area (Å²) < 4.78 is 13.4. The third-order valence-electron chi connectivity index (χ3n) is 4.44. The number of aryl methyl sites for hydroxylation is 1. The highest BCUT2D eigenvalue weighted by Crippen LogP contribution is 2.19. The zero-order chi connectivity index (χ0) is 18.4. The van der Waals surface area contributed by atoms with Crippen LogP contribution >= 0.6 is 12.2 Å². The number of benzene rings is 2. The van der Waals surface area contributed by atoms with Gasteiger partial charge in [-0.1, -0.05) is 25.5 Å². The summed E-state index contributed by atoms with van der Waals surface area (Å²) in [6.07, 6.45) is 6.23. The maximum atomic E-state index is 13.4. The van der Waals surface area contributed by atoms with Gasteiger partial charge in [0.15, 0.2) is 5.11 Å². The first-order chi connectivity index (χ1) is 12.7. The Morgan fingerprint density at radius 1 is 1.12 bits per heavy atom. The lowest BCUT2D eigenvalue weighted by Crippen LogP contribution is -2.30. The summed E-state index contributed by atoms with van der Waals surface area (Å²) in [6, 6.07) is 13.2. The van der Waals surface area contributed by atoms with E-state index < -0.39 is 0 Å². The second-order valence-electron chi connectivity index (χ2n) is 6.44. The van der Waals surface area contributed by atoms with Crippen LogP contribution in [0.4, 0.5) is 10.1 Å². The van der Waals surface area contributed by atoms with Crippen LogP contribution in [-0.2, 0) is 12.8 Å². The van der Waals surface area contributed by atoms with E-state index >= 15 is 0 Å². The van der Waals surface area contributed by atoms with Crippen LogP contribution in [0, 0.1) is 5.82 Å². The molecule has 1 heterocycles. The smallest absolute Gasteiger partial charge is 0.170 e. The molecule has 0 aliphatic carbocycles. The van der Waals surface area contributed by atoms with Crippen LogP contribution in [-0.4, -0.2) is 16.6 Å². The summed E-state index contributed by atoms with van der Waals surface area (Å²) in [5.41, 5.74) is 4.36. The zero-order valence-electron chi connectivity index (χ0n) is 14.9. The fourth-order valence-corrected chi connectivity index (χ4v) is 3.20. The number of fused-ring (bicyclic) bond motifs is 1. The molecule has 0 spiro atoms. The maximum Gasteiger partial charge on any atom is 0.170 e. The molecule has 0 amide bonds. The topological polar surface area (TPSA) is 39.8 Å². The van der Waals surface area contributed by atoms with Crippen molar-refractivity contribution in [1.29, 1.82) is 0 Å². The summed E-state index contributed by atoms with van der Waals surface area (Å²) in [5.74, 6) is -0.217. The molecule has 3 N–H and O–H groups in total. The molecule has 0 atom stereocenters. The van der Waals surface area contributed by atoms with Crippen LogP contribution in [0.3, 0.4) is 0 Å². The van der Waals surface area contributed by atoms with E-state index in [2.05, 4.69) is 46.8 Å². The molecule has 0 aliphatic heterocycles. The van der Waals surface area contributed by atoms with Gasteiger partial charge < -0.3 is 15.6 Å². The summed E-state index contributed by atoms with van der Waals surface area (Å²) in [6.45, 7) is 2.89. The molecule has 0 saturated carbocycles. The Morgan fingerprint density at radius 3 is 2.69 bits per heavy atom. The molecule has 0 saturated heterocycles. The highest BCUT2D eigenvalue weighted by Gasteiger charge is 2.05. The van der Waals surface area contributed by atoms with Crippen LogP contribution in [0.2, 0.25) is 0 Å². The van der Waals surface area contributed by atoms with Crippen LogP contribution in [0.5, 0.6) is 0 Å². The van der Waals surface area contributed by atoms with E-state index in [0.29, 0.717) is 11.7 Å². The Labute approximate surface area is 159 Å². The zero-order valence-corrected chi connectivity index (χ0v) is 15.8. The third kappa shape index (κ3) is 4.82. The number of nitrogens with one attached hydrogen (secondary N) is 3. The first-order valence-electron chi connectivity index (χ1n) is 9.05. The average molecular weight is 370 g/mol. The molecule has 5 heteroatoms. The SMILES string of the molecule is CCCCc1ccc(NC(=S)NCCc2c[nH]c3ccc(F)cc23)cc1. The number of aromatic nitrogens is 1. The molecule has 26 heavy (non-hydrogen) atoms. The van der Waals surface area contributed by atoms with E-state index in [0.717, 1.165) is 35.0 Å². The predicted molar refractivity (Wildman–Crippen MR) is 111 cm³/mol. The largest absolute Gasteiger partial charge is 0.362 e. The lowest BCUT2D eigenvalue weighted by Gasteiger charge is -2.11. The van der Waals surface area contributed by atoms with Gasteiger partial charge in [-0.25, -0.2) is 4.39 Å². The standard InChI is InChI=1S/C21H24FN3S/c1-2-3-4-15-5-8-18(9-6-15)25-21(26)23-12-11-16-14-24-20-10-7-17(22)13-19(16)20/h5-10,13-14,24H,2-4,11-12H2,1H3,(H2,23,25,26). The number of unbranched alkanes of at least 4 members (excludes halogenated alkanes) is 1. The molecular formula is C21H24FN3S. The van der Waals surface area contributed by atoms with Crippen molar-refractivity contribution in [2.24, 2.45) is 0 Å². The highest BCUT2D eigenvalue weighted by atomic mass is 32.1. The highest BCUT2D eigenvalue weighted by molar-refractivity contribution is 7.80. The van der Waals surface area contributed by atoms with Crippen molar-refractivity contribution in [3.8, 4) is 0 Å². The molecule has 0 fully saturated rings. The third-order valence-corrected chi connectivity index (χ3v) is 4.69. The number of hydrogen-bond donors (Lipinski definition) is 3. The van der Waals surface area contributed by atoms with Gasteiger partial charge in [-0.05, 0) is 72.9 Å². The number of anilines is 1. The van der Waals surface area contributed by atoms with Gasteiger partial charge in [0.25, 0.3) is 0 Å². The number of hydrogen-bond acceptors (Lipinski definition) is 1. The van der Waals surface area contributed by atoms with Crippen LogP contribution in [0.15, 0.2) is 48.7 Å². The van der Waals surface area contributed by atoms with Gasteiger partial charge in [-0.2, -0.15) is 0 Å². The van der Waals surface area contributed by atoms with Gasteiger partial charge in [-0.3, -0.25) is 0 Å². The van der Waals surface area contributed by atoms with E-state index in [1.165, 1.54) is 24.5 Å². The van der Waals surface area contributed by atoms with Crippen LogP contribution in [0.1, 0.15) is 30.9 Å². The van der Waals surface area contributed by atoms with Crippen molar-refractivity contribution in [3.05, 3.63) is 65.6 Å². The molecule has 136 valence electrons. The molecule has 0 bridgehead atoms. The number of thiocarbonyl (C=S) groups is 1. The summed E-state index contributed by atoms with van der Waals surface area (Å²) in [7, 11) is 0. The van der Waals surface area contributed by atoms with Gasteiger partial charge in [-0.15, -0.1) is 0 Å². The monoisotopic (exact) mass is 369 g/mol. The number of halogens is 1. The number of H-pyrrole nitrogens is 1. The summed E-state index contributed by atoms with van der Waals surface area (Å²) in [5, 5.41) is 7.93. The van der Waals surface area contributed by atoms with E-state index in [1.807, 2.05) is 6.20 Å². The minimum Gasteiger partial charge on any atom is -0.362 e. The minimum absolute atomic E-state index is 0.217. The van der Waals surface area contributed by atoms with E-state index in [9.17, 15) is 4.39 Å². The van der Waals surface area contributed by atoms with Crippen LogP contribution < -0.4 is 10.6 Å². The number of aromatic amines is 1. The van der Waals surface area contributed by atoms with Crippen molar-refractivity contribution < 1.29 is 4.39 Å². The second kappa shape index (κ2) is 8.81. The molecule has 3 aromatic rings. The Kier molecular flexibility index (Phi) is 6.23. The number of rotatable bonds is 7. The first-order valence-corrected chi connectivity index (χ1v) is 9.46. The van der Waals surface area contributed by atoms with Gasteiger partial charge in [0.05, 0.1) is 0 Å². The maximum absolute atomic E-state index is 13.4. The fraction of sp³-hybridized carbons (Fsp3) is 0.286. The van der Waals surface area contributed by atoms with Crippen molar-refractivity contribution >= 4 is 33.9 Å². The van der Waals surface area contributed by atoms with Gasteiger partial charge in [0.1, 0.15) is 5.82 Å². The molecular weight excluding hydrogens is 345 g/mol. The summed E-state index contributed by atoms with van der Waals surface area (Å²) >= 11 is 5.36. The lowest BCUT2D eigenvalue weighted by molar-refractivity contribution is 0.629. The predicted octanol–water partition coefficient (Wildman–Crippen LogP) is 5.18. The van der Waals surface area contributed by atoms with Gasteiger partial charge in [0.2, 0.25) is 0 Å². The Balaban J connectivity index is 1.48. The minimum atomic E-state index is -0.217. The average Bonchev–Trinajstić information content (AvgIpc) is 3.03. The van der Waals surface area contributed by atoms with E-state index in [4.69, 9.17) is 12.2 Å². The van der Waals surface area contributed by atoms with Crippen molar-refractivity contribution in [2.75, 3.05) is 11.9 Å². The van der Waals surface area contributed by atoms with E-state index in [1.54, 1.807) is 12.1 Å². The second-order valence-corrected chi connectivity index (χ2v) is 6.84. The molecule has 2 aromatic carbocycles. The first kappa shape index (κ1) is 18.4. The summed E-state index contributed by atoms with van der Waals surface area (Å²) in [4.78, 5) is 3.17. The quantitative estimate of drug-likeness (QED) is 0.503. The molecule has 3 rings (SSSR count). The Bertz CT molecular complexity index is 871. The molecule has 0 aliphatic rings. The lowest BCUT2D eigenvalue weighted by atomic mass is 10.1. The molecule has 1 aromatic heterocycles. The van der Waals surface area contributed by atoms with Gasteiger partial charge in [0, 0.05) is 29.3 Å². The van der Waals surface area contributed by atoms with Gasteiger partial charge >= 0.3 is 0 Å². The normalized spacial score (nSPS) is 10.8. The van der Waals surface area contributed by atoms with Crippen molar-refractivity contribution in [1.82, 2.24) is 10.3 Å². The Morgan fingerprint density at radius 2 is 1.92 bits per heavy atom. The van der Waals surface area contributed by atoms with Crippen molar-refractivity contribution in [2.45, 2.75) is 32.6 Å². The molecule has 0 radical (unpaired) electrons. The molecule has 0 unspecified atom stereocenters. The molecule has 3 nitrogen and oxygen atoms in total. The van der Waals surface area contributed by atoms with Crippen molar-refractivity contribution in [3.63, 3.8) is 0 Å². The Hall–Kier alpha value is -2.40. The fourth-order valence-electron chi connectivity index (χ4n) is 2.98.